The average molecular weight is 345 g/mol. The van der Waals surface area contributed by atoms with Gasteiger partial charge in [-0.2, -0.15) is 0 Å². The summed E-state index contributed by atoms with van der Waals surface area (Å²) in [7, 11) is 1.81. The number of hydrogen-bond acceptors (Lipinski definition) is 3. The van der Waals surface area contributed by atoms with Crippen molar-refractivity contribution in [2.45, 2.75) is 46.1 Å². The summed E-state index contributed by atoms with van der Waals surface area (Å²) in [5, 5.41) is 10.1. The van der Waals surface area contributed by atoms with Crippen molar-refractivity contribution in [2.24, 2.45) is 4.99 Å². The van der Waals surface area contributed by atoms with E-state index in [-0.39, 0.29) is 0 Å². The summed E-state index contributed by atoms with van der Waals surface area (Å²) in [4.78, 5) is 8.97. The molecule has 0 aliphatic carbocycles. The van der Waals surface area contributed by atoms with Crippen LogP contribution >= 0.6 is 11.3 Å². The monoisotopic (exact) mass is 344 g/mol. The topological polar surface area (TPSA) is 49.3 Å². The number of aromatic nitrogens is 1. The summed E-state index contributed by atoms with van der Waals surface area (Å²) in [5.41, 5.74) is 3.86. The first-order chi connectivity index (χ1) is 11.6. The maximum Gasteiger partial charge on any atom is 0.191 e. The van der Waals surface area contributed by atoms with Gasteiger partial charge in [0, 0.05) is 37.9 Å². The molecule has 0 bridgehead atoms. The highest BCUT2D eigenvalue weighted by atomic mass is 32.1. The number of aliphatic imine (C=N–C) groups is 1. The molecule has 0 aliphatic heterocycles. The van der Waals surface area contributed by atoms with Crippen LogP contribution in [0.1, 0.15) is 48.5 Å². The van der Waals surface area contributed by atoms with E-state index in [4.69, 9.17) is 0 Å². The van der Waals surface area contributed by atoms with Gasteiger partial charge >= 0.3 is 0 Å². The quantitative estimate of drug-likeness (QED) is 0.594. The predicted molar refractivity (Wildman–Crippen MR) is 104 cm³/mol. The van der Waals surface area contributed by atoms with Crippen molar-refractivity contribution >= 4 is 17.3 Å². The smallest absolute Gasteiger partial charge is 0.191 e. The largest absolute Gasteiger partial charge is 0.356 e. The SMILES string of the molecule is CCc1ccccc1CNC(=NC)NCCc1csc(C(C)C)n1. The van der Waals surface area contributed by atoms with Crippen molar-refractivity contribution in [3.05, 3.63) is 51.5 Å². The summed E-state index contributed by atoms with van der Waals surface area (Å²) in [6, 6.07) is 8.53. The molecular formula is C19H28N4S. The van der Waals surface area contributed by atoms with Crippen LogP contribution in [0, 0.1) is 0 Å². The zero-order chi connectivity index (χ0) is 17.4. The van der Waals surface area contributed by atoms with Gasteiger partial charge in [-0.1, -0.05) is 45.0 Å². The molecule has 0 saturated carbocycles. The zero-order valence-corrected chi connectivity index (χ0v) is 15.9. The highest BCUT2D eigenvalue weighted by Crippen LogP contribution is 2.19. The molecule has 1 aromatic carbocycles. The molecule has 0 atom stereocenters. The summed E-state index contributed by atoms with van der Waals surface area (Å²) in [5.74, 6) is 1.34. The van der Waals surface area contributed by atoms with E-state index in [0.29, 0.717) is 5.92 Å². The van der Waals surface area contributed by atoms with Crippen molar-refractivity contribution in [2.75, 3.05) is 13.6 Å². The normalized spacial score (nSPS) is 11.8. The fraction of sp³-hybridized carbons (Fsp3) is 0.474. The standard InChI is InChI=1S/C19H28N4S/c1-5-15-8-6-7-9-16(15)12-22-19(20-4)21-11-10-17-13-24-18(23-17)14(2)3/h6-9,13-14H,5,10-12H2,1-4H3,(H2,20,21,22). The first kappa shape index (κ1) is 18.5. The Morgan fingerprint density at radius 2 is 1.96 bits per heavy atom. The van der Waals surface area contributed by atoms with Gasteiger partial charge in [0.05, 0.1) is 10.7 Å². The Morgan fingerprint density at radius 1 is 1.21 bits per heavy atom. The summed E-state index contributed by atoms with van der Waals surface area (Å²) >= 11 is 1.75. The summed E-state index contributed by atoms with van der Waals surface area (Å²) in [6.45, 7) is 8.17. The van der Waals surface area contributed by atoms with Crippen LogP contribution in [0.25, 0.3) is 0 Å². The van der Waals surface area contributed by atoms with E-state index in [0.717, 1.165) is 37.6 Å². The summed E-state index contributed by atoms with van der Waals surface area (Å²) < 4.78 is 0. The molecule has 0 saturated heterocycles. The van der Waals surface area contributed by atoms with Gasteiger partial charge in [-0.15, -0.1) is 11.3 Å². The first-order valence-corrected chi connectivity index (χ1v) is 9.47. The van der Waals surface area contributed by atoms with Gasteiger partial charge in [0.2, 0.25) is 0 Å². The maximum absolute atomic E-state index is 4.67. The van der Waals surface area contributed by atoms with E-state index < -0.39 is 0 Å². The lowest BCUT2D eigenvalue weighted by Gasteiger charge is -2.13. The third-order valence-corrected chi connectivity index (χ3v) is 5.10. The van der Waals surface area contributed by atoms with Crippen LogP contribution in [0.4, 0.5) is 0 Å². The molecule has 0 aliphatic rings. The van der Waals surface area contributed by atoms with Gasteiger partial charge in [0.25, 0.3) is 0 Å². The number of nitrogens with one attached hydrogen (secondary N) is 2. The van der Waals surface area contributed by atoms with E-state index in [2.05, 4.69) is 71.0 Å². The lowest BCUT2D eigenvalue weighted by atomic mass is 10.1. The van der Waals surface area contributed by atoms with Crippen LogP contribution in [-0.2, 0) is 19.4 Å². The van der Waals surface area contributed by atoms with Crippen LogP contribution in [0.2, 0.25) is 0 Å². The molecule has 0 unspecified atom stereocenters. The molecule has 0 radical (unpaired) electrons. The third-order valence-electron chi connectivity index (χ3n) is 3.91. The predicted octanol–water partition coefficient (Wildman–Crippen LogP) is 3.74. The van der Waals surface area contributed by atoms with E-state index in [1.54, 1.807) is 18.4 Å². The van der Waals surface area contributed by atoms with Gasteiger partial charge in [-0.25, -0.2) is 4.98 Å². The Morgan fingerprint density at radius 3 is 2.58 bits per heavy atom. The first-order valence-electron chi connectivity index (χ1n) is 8.59. The lowest BCUT2D eigenvalue weighted by Crippen LogP contribution is -2.38. The highest BCUT2D eigenvalue weighted by molar-refractivity contribution is 7.09. The Bertz CT molecular complexity index is 661. The van der Waals surface area contributed by atoms with Gasteiger partial charge < -0.3 is 10.6 Å². The second kappa shape index (κ2) is 9.42. The minimum absolute atomic E-state index is 0.504. The number of nitrogens with zero attached hydrogens (tertiary/aromatic N) is 2. The molecule has 0 amide bonds. The zero-order valence-electron chi connectivity index (χ0n) is 15.1. The van der Waals surface area contributed by atoms with Crippen molar-refractivity contribution in [3.8, 4) is 0 Å². The molecule has 2 rings (SSSR count). The van der Waals surface area contributed by atoms with Gasteiger partial charge in [0.15, 0.2) is 5.96 Å². The molecule has 2 N–H and O–H groups in total. The van der Waals surface area contributed by atoms with Crippen LogP contribution in [0.5, 0.6) is 0 Å². The molecule has 4 nitrogen and oxygen atoms in total. The van der Waals surface area contributed by atoms with E-state index in [1.807, 2.05) is 0 Å². The number of guanidine groups is 1. The van der Waals surface area contributed by atoms with Crippen molar-refractivity contribution < 1.29 is 0 Å². The molecule has 0 spiro atoms. The molecule has 0 fully saturated rings. The van der Waals surface area contributed by atoms with Gasteiger partial charge in [-0.3, -0.25) is 4.99 Å². The Balaban J connectivity index is 1.80. The number of hydrogen-bond donors (Lipinski definition) is 2. The molecule has 24 heavy (non-hydrogen) atoms. The molecule has 130 valence electrons. The van der Waals surface area contributed by atoms with Crippen LogP contribution < -0.4 is 10.6 Å². The minimum atomic E-state index is 0.504. The third kappa shape index (κ3) is 5.34. The maximum atomic E-state index is 4.67. The van der Waals surface area contributed by atoms with Crippen LogP contribution in [0.15, 0.2) is 34.6 Å². The highest BCUT2D eigenvalue weighted by Gasteiger charge is 2.06. The minimum Gasteiger partial charge on any atom is -0.356 e. The Labute approximate surface area is 149 Å². The fourth-order valence-electron chi connectivity index (χ4n) is 2.49. The second-order valence-corrected chi connectivity index (χ2v) is 6.95. The average Bonchev–Trinajstić information content (AvgIpc) is 3.07. The Kier molecular flexibility index (Phi) is 7.25. The van der Waals surface area contributed by atoms with Crippen LogP contribution in [0.3, 0.4) is 0 Å². The molecule has 1 heterocycles. The van der Waals surface area contributed by atoms with E-state index in [1.165, 1.54) is 16.1 Å². The van der Waals surface area contributed by atoms with Crippen LogP contribution in [-0.4, -0.2) is 24.5 Å². The van der Waals surface area contributed by atoms with Gasteiger partial charge in [-0.05, 0) is 17.5 Å². The molecule has 2 aromatic rings. The Hall–Kier alpha value is -1.88. The molecule has 5 heteroatoms. The number of rotatable bonds is 7. The second-order valence-electron chi connectivity index (χ2n) is 6.06. The number of thiazole rings is 1. The number of benzene rings is 1. The van der Waals surface area contributed by atoms with Crippen molar-refractivity contribution in [1.29, 1.82) is 0 Å². The van der Waals surface area contributed by atoms with Crippen molar-refractivity contribution in [3.63, 3.8) is 0 Å². The van der Waals surface area contributed by atoms with E-state index >= 15 is 0 Å². The van der Waals surface area contributed by atoms with Crippen molar-refractivity contribution in [1.82, 2.24) is 15.6 Å². The van der Waals surface area contributed by atoms with E-state index in [9.17, 15) is 0 Å². The summed E-state index contributed by atoms with van der Waals surface area (Å²) in [6.07, 6.45) is 1.96. The lowest BCUT2D eigenvalue weighted by molar-refractivity contribution is 0.774. The fourth-order valence-corrected chi connectivity index (χ4v) is 3.36. The number of aryl methyl sites for hydroxylation is 1. The van der Waals surface area contributed by atoms with Gasteiger partial charge in [0.1, 0.15) is 0 Å². The molecular weight excluding hydrogens is 316 g/mol. The molecule has 1 aromatic heterocycles.